The van der Waals surface area contributed by atoms with Crippen LogP contribution in [0.3, 0.4) is 0 Å². The van der Waals surface area contributed by atoms with Crippen LogP contribution in [0.4, 0.5) is 0 Å². The number of nitrogens with zero attached hydrogens (tertiary/aromatic N) is 2. The van der Waals surface area contributed by atoms with E-state index in [1.54, 1.807) is 7.11 Å². The van der Waals surface area contributed by atoms with Gasteiger partial charge in [0, 0.05) is 7.11 Å². The lowest BCUT2D eigenvalue weighted by atomic mass is 10.0. The van der Waals surface area contributed by atoms with E-state index in [-0.39, 0.29) is 11.4 Å². The van der Waals surface area contributed by atoms with E-state index in [1.807, 2.05) is 6.92 Å². The number of halogens is 1. The molecule has 0 aliphatic carbocycles. The van der Waals surface area contributed by atoms with Crippen LogP contribution in [0.1, 0.15) is 43.6 Å². The zero-order valence-corrected chi connectivity index (χ0v) is 13.6. The standard InChI is InChI=1S/C16H23ClN2O/c1-10(2)14(9-20-5)19-13-8-6-7-11(3)15(13)18-16(19)12(4)17/h6-8,10,12,14H,9H2,1-5H3. The second-order valence-electron chi connectivity index (χ2n) is 5.67. The maximum atomic E-state index is 6.36. The molecule has 2 unspecified atom stereocenters. The normalized spacial score (nSPS) is 14.9. The fraction of sp³-hybridized carbons (Fsp3) is 0.562. The third-order valence-electron chi connectivity index (χ3n) is 3.74. The third kappa shape index (κ3) is 2.70. The van der Waals surface area contributed by atoms with Crippen LogP contribution >= 0.6 is 11.6 Å². The molecule has 3 nitrogen and oxygen atoms in total. The number of imidazole rings is 1. The van der Waals surface area contributed by atoms with Crippen LogP contribution in [0.2, 0.25) is 0 Å². The first-order valence-corrected chi connectivity index (χ1v) is 7.51. The maximum absolute atomic E-state index is 6.36. The van der Waals surface area contributed by atoms with Crippen LogP contribution in [-0.4, -0.2) is 23.3 Å². The topological polar surface area (TPSA) is 27.1 Å². The predicted octanol–water partition coefficient (Wildman–Crippen LogP) is 4.49. The van der Waals surface area contributed by atoms with E-state index >= 15 is 0 Å². The molecule has 0 bridgehead atoms. The Hall–Kier alpha value is -1.06. The highest BCUT2D eigenvalue weighted by Crippen LogP contribution is 2.32. The van der Waals surface area contributed by atoms with Crippen molar-refractivity contribution in [1.82, 2.24) is 9.55 Å². The molecule has 0 saturated heterocycles. The summed E-state index contributed by atoms with van der Waals surface area (Å²) in [6.45, 7) is 9.12. The fourth-order valence-electron chi connectivity index (χ4n) is 2.64. The third-order valence-corrected chi connectivity index (χ3v) is 3.94. The molecule has 2 aromatic rings. The first-order chi connectivity index (χ1) is 9.47. The van der Waals surface area contributed by atoms with Crippen LogP contribution in [-0.2, 0) is 4.74 Å². The minimum Gasteiger partial charge on any atom is -0.383 e. The summed E-state index contributed by atoms with van der Waals surface area (Å²) in [6, 6.07) is 6.51. The highest BCUT2D eigenvalue weighted by atomic mass is 35.5. The molecule has 1 heterocycles. The molecule has 2 rings (SSSR count). The SMILES string of the molecule is COCC(C(C)C)n1c(C(C)Cl)nc2c(C)cccc21. The molecule has 110 valence electrons. The van der Waals surface area contributed by atoms with Gasteiger partial charge in [-0.15, -0.1) is 11.6 Å². The van der Waals surface area contributed by atoms with Crippen LogP contribution in [0.25, 0.3) is 11.0 Å². The predicted molar refractivity (Wildman–Crippen MR) is 84.5 cm³/mol. The minimum atomic E-state index is -0.125. The summed E-state index contributed by atoms with van der Waals surface area (Å²) in [4.78, 5) is 4.77. The quantitative estimate of drug-likeness (QED) is 0.760. The first-order valence-electron chi connectivity index (χ1n) is 7.07. The lowest BCUT2D eigenvalue weighted by Crippen LogP contribution is -2.22. The van der Waals surface area contributed by atoms with Crippen molar-refractivity contribution in [3.63, 3.8) is 0 Å². The van der Waals surface area contributed by atoms with Crippen molar-refractivity contribution >= 4 is 22.6 Å². The van der Waals surface area contributed by atoms with Crippen molar-refractivity contribution in [2.24, 2.45) is 5.92 Å². The molecule has 0 saturated carbocycles. The first kappa shape index (κ1) is 15.3. The Kier molecular flexibility index (Phi) is 4.71. The number of fused-ring (bicyclic) bond motifs is 1. The Morgan fingerprint density at radius 3 is 2.55 bits per heavy atom. The number of hydrogen-bond donors (Lipinski definition) is 0. The van der Waals surface area contributed by atoms with E-state index in [4.69, 9.17) is 21.3 Å². The van der Waals surface area contributed by atoms with Gasteiger partial charge in [0.2, 0.25) is 0 Å². The van der Waals surface area contributed by atoms with Crippen LogP contribution in [0.15, 0.2) is 18.2 Å². The second-order valence-corrected chi connectivity index (χ2v) is 6.32. The van der Waals surface area contributed by atoms with Gasteiger partial charge in [-0.25, -0.2) is 4.98 Å². The highest BCUT2D eigenvalue weighted by Gasteiger charge is 2.24. The summed E-state index contributed by atoms with van der Waals surface area (Å²) >= 11 is 6.36. The molecule has 1 aromatic heterocycles. The highest BCUT2D eigenvalue weighted by molar-refractivity contribution is 6.20. The number of methoxy groups -OCH3 is 1. The van der Waals surface area contributed by atoms with Crippen molar-refractivity contribution in [3.05, 3.63) is 29.6 Å². The van der Waals surface area contributed by atoms with Crippen molar-refractivity contribution in [1.29, 1.82) is 0 Å². The molecule has 0 aliphatic rings. The molecule has 0 spiro atoms. The molecule has 4 heteroatoms. The average molecular weight is 295 g/mol. The van der Waals surface area contributed by atoms with Crippen LogP contribution < -0.4 is 0 Å². The molecular formula is C16H23ClN2O. The van der Waals surface area contributed by atoms with Gasteiger partial charge in [-0.1, -0.05) is 26.0 Å². The molecule has 0 radical (unpaired) electrons. The molecule has 1 aromatic carbocycles. The summed E-state index contributed by atoms with van der Waals surface area (Å²) in [6.07, 6.45) is 0. The van der Waals surface area contributed by atoms with E-state index in [9.17, 15) is 0 Å². The molecule has 20 heavy (non-hydrogen) atoms. The number of ether oxygens (including phenoxy) is 1. The number of para-hydroxylation sites is 1. The molecular weight excluding hydrogens is 272 g/mol. The number of hydrogen-bond acceptors (Lipinski definition) is 2. The van der Waals surface area contributed by atoms with E-state index in [0.29, 0.717) is 12.5 Å². The van der Waals surface area contributed by atoms with Crippen LogP contribution in [0.5, 0.6) is 0 Å². The fourth-order valence-corrected chi connectivity index (χ4v) is 2.79. The minimum absolute atomic E-state index is 0.125. The molecule has 0 aliphatic heterocycles. The molecule has 2 atom stereocenters. The smallest absolute Gasteiger partial charge is 0.128 e. The number of benzene rings is 1. The van der Waals surface area contributed by atoms with Crippen molar-refractivity contribution in [3.8, 4) is 0 Å². The Morgan fingerprint density at radius 1 is 1.30 bits per heavy atom. The van der Waals surface area contributed by atoms with Crippen LogP contribution in [0, 0.1) is 12.8 Å². The van der Waals surface area contributed by atoms with E-state index in [2.05, 4.69) is 43.5 Å². The Morgan fingerprint density at radius 2 is 2.00 bits per heavy atom. The zero-order chi connectivity index (χ0) is 14.9. The van der Waals surface area contributed by atoms with Crippen molar-refractivity contribution < 1.29 is 4.74 Å². The largest absolute Gasteiger partial charge is 0.383 e. The van der Waals surface area contributed by atoms with Gasteiger partial charge in [-0.3, -0.25) is 0 Å². The van der Waals surface area contributed by atoms with E-state index < -0.39 is 0 Å². The van der Waals surface area contributed by atoms with Gasteiger partial charge in [0.25, 0.3) is 0 Å². The monoisotopic (exact) mass is 294 g/mol. The Bertz CT molecular complexity index is 589. The van der Waals surface area contributed by atoms with Gasteiger partial charge in [0.05, 0.1) is 29.1 Å². The van der Waals surface area contributed by atoms with Gasteiger partial charge >= 0.3 is 0 Å². The summed E-state index contributed by atoms with van der Waals surface area (Å²) in [7, 11) is 1.74. The van der Waals surface area contributed by atoms with E-state index in [1.165, 1.54) is 5.56 Å². The Labute approximate surface area is 125 Å². The summed E-state index contributed by atoms with van der Waals surface area (Å²) in [5.74, 6) is 1.37. The summed E-state index contributed by atoms with van der Waals surface area (Å²) < 4.78 is 7.67. The molecule has 0 N–H and O–H groups in total. The van der Waals surface area contributed by atoms with Gasteiger partial charge < -0.3 is 9.30 Å². The molecule has 0 amide bonds. The van der Waals surface area contributed by atoms with Crippen molar-refractivity contribution in [2.75, 3.05) is 13.7 Å². The lowest BCUT2D eigenvalue weighted by Gasteiger charge is -2.25. The second kappa shape index (κ2) is 6.15. The summed E-state index contributed by atoms with van der Waals surface area (Å²) in [5, 5.41) is -0.125. The van der Waals surface area contributed by atoms with Gasteiger partial charge in [0.1, 0.15) is 5.82 Å². The Balaban J connectivity index is 2.70. The van der Waals surface area contributed by atoms with E-state index in [0.717, 1.165) is 16.9 Å². The average Bonchev–Trinajstić information content (AvgIpc) is 2.76. The van der Waals surface area contributed by atoms with Gasteiger partial charge in [-0.2, -0.15) is 0 Å². The zero-order valence-electron chi connectivity index (χ0n) is 12.9. The number of aryl methyl sites for hydroxylation is 1. The van der Waals surface area contributed by atoms with Crippen molar-refractivity contribution in [2.45, 2.75) is 39.1 Å². The molecule has 0 fully saturated rings. The maximum Gasteiger partial charge on any atom is 0.128 e. The number of alkyl halides is 1. The number of aromatic nitrogens is 2. The summed E-state index contributed by atoms with van der Waals surface area (Å²) in [5.41, 5.74) is 3.36. The lowest BCUT2D eigenvalue weighted by molar-refractivity contribution is 0.133. The number of rotatable bonds is 5. The van der Waals surface area contributed by atoms with Gasteiger partial charge in [-0.05, 0) is 31.4 Å². The van der Waals surface area contributed by atoms with Gasteiger partial charge in [0.15, 0.2) is 0 Å².